The molecule has 0 amide bonds. The van der Waals surface area contributed by atoms with Crippen LogP contribution in [0.3, 0.4) is 0 Å². The fourth-order valence-electron chi connectivity index (χ4n) is 1.83. The van der Waals surface area contributed by atoms with E-state index in [0.717, 1.165) is 12.1 Å². The topological polar surface area (TPSA) is 38.1 Å². The van der Waals surface area contributed by atoms with Crippen molar-refractivity contribution in [2.24, 2.45) is 0 Å². The van der Waals surface area contributed by atoms with Crippen molar-refractivity contribution >= 4 is 0 Å². The van der Waals surface area contributed by atoms with Gasteiger partial charge in [-0.2, -0.15) is 0 Å². The number of rotatable bonds is 4. The lowest BCUT2D eigenvalue weighted by Gasteiger charge is -2.07. The Bertz CT molecular complexity index is 536. The molecule has 4 heteroatoms. The smallest absolute Gasteiger partial charge is 0.211 e. The molecule has 0 aliphatic heterocycles. The van der Waals surface area contributed by atoms with Gasteiger partial charge in [0.2, 0.25) is 5.89 Å². The summed E-state index contributed by atoms with van der Waals surface area (Å²) in [5.74, 6) is 0.753. The maximum absolute atomic E-state index is 13.7. The largest absolute Gasteiger partial charge is 0.439 e. The van der Waals surface area contributed by atoms with Gasteiger partial charge < -0.3 is 9.73 Å². The molecule has 0 saturated heterocycles. The van der Waals surface area contributed by atoms with Crippen LogP contribution in [0.2, 0.25) is 0 Å². The van der Waals surface area contributed by atoms with Crippen LogP contribution in [-0.2, 0) is 0 Å². The first-order chi connectivity index (χ1) is 8.61. The predicted octanol–water partition coefficient (Wildman–Crippen LogP) is 3.46. The quantitative estimate of drug-likeness (QED) is 0.900. The maximum atomic E-state index is 13.7. The van der Waals surface area contributed by atoms with E-state index < -0.39 is 0 Å². The minimum atomic E-state index is -0.292. The second-order valence-electron chi connectivity index (χ2n) is 4.33. The molecule has 2 aromatic rings. The summed E-state index contributed by atoms with van der Waals surface area (Å²) in [6, 6.07) is 4.96. The highest BCUT2D eigenvalue weighted by Crippen LogP contribution is 2.26. The zero-order valence-electron chi connectivity index (χ0n) is 10.8. The van der Waals surface area contributed by atoms with Gasteiger partial charge in [0.05, 0.1) is 17.8 Å². The molecule has 1 heterocycles. The number of hydrogen-bond acceptors (Lipinski definition) is 3. The van der Waals surface area contributed by atoms with Gasteiger partial charge >= 0.3 is 0 Å². The summed E-state index contributed by atoms with van der Waals surface area (Å²) in [6.45, 7) is 6.73. The SMILES string of the molecule is CCNC(C)c1ncc(-c2cc(C)ccc2F)o1. The fourth-order valence-corrected chi connectivity index (χ4v) is 1.83. The number of benzene rings is 1. The van der Waals surface area contributed by atoms with Gasteiger partial charge in [0.1, 0.15) is 5.82 Å². The summed E-state index contributed by atoms with van der Waals surface area (Å²) in [5, 5.41) is 3.20. The molecule has 2 rings (SSSR count). The van der Waals surface area contributed by atoms with Gasteiger partial charge in [-0.25, -0.2) is 9.37 Å². The van der Waals surface area contributed by atoms with E-state index in [4.69, 9.17) is 4.42 Å². The first-order valence-electron chi connectivity index (χ1n) is 6.07. The van der Waals surface area contributed by atoms with Crippen LogP contribution >= 0.6 is 0 Å². The lowest BCUT2D eigenvalue weighted by Crippen LogP contribution is -2.17. The molecule has 0 fully saturated rings. The molecule has 0 spiro atoms. The van der Waals surface area contributed by atoms with Crippen LogP contribution in [0.1, 0.15) is 31.3 Å². The molecule has 0 radical (unpaired) electrons. The van der Waals surface area contributed by atoms with E-state index in [-0.39, 0.29) is 11.9 Å². The monoisotopic (exact) mass is 248 g/mol. The third-order valence-electron chi connectivity index (χ3n) is 2.79. The standard InChI is InChI=1S/C14H17FN2O/c1-4-16-10(3)14-17-8-13(18-14)11-7-9(2)5-6-12(11)15/h5-8,10,16H,4H2,1-3H3. The molecular formula is C14H17FN2O. The average molecular weight is 248 g/mol. The lowest BCUT2D eigenvalue weighted by atomic mass is 10.1. The fraction of sp³-hybridized carbons (Fsp3) is 0.357. The third kappa shape index (κ3) is 2.59. The van der Waals surface area contributed by atoms with Crippen molar-refractivity contribution in [3.63, 3.8) is 0 Å². The van der Waals surface area contributed by atoms with Crippen LogP contribution < -0.4 is 5.32 Å². The Morgan fingerprint density at radius 1 is 1.44 bits per heavy atom. The number of nitrogens with zero attached hydrogens (tertiary/aromatic N) is 1. The maximum Gasteiger partial charge on any atom is 0.211 e. The van der Waals surface area contributed by atoms with Crippen molar-refractivity contribution < 1.29 is 8.81 Å². The van der Waals surface area contributed by atoms with Gasteiger partial charge in [-0.05, 0) is 32.5 Å². The van der Waals surface area contributed by atoms with Gasteiger partial charge in [0.25, 0.3) is 0 Å². The first-order valence-corrected chi connectivity index (χ1v) is 6.07. The average Bonchev–Trinajstić information content (AvgIpc) is 2.82. The predicted molar refractivity (Wildman–Crippen MR) is 68.7 cm³/mol. The molecule has 0 aliphatic rings. The van der Waals surface area contributed by atoms with Gasteiger partial charge in [0.15, 0.2) is 5.76 Å². The van der Waals surface area contributed by atoms with Crippen LogP contribution in [0.25, 0.3) is 11.3 Å². The number of hydrogen-bond donors (Lipinski definition) is 1. The van der Waals surface area contributed by atoms with E-state index in [1.807, 2.05) is 20.8 Å². The second-order valence-corrected chi connectivity index (χ2v) is 4.33. The number of halogens is 1. The Balaban J connectivity index is 2.32. The molecule has 0 bridgehead atoms. The van der Waals surface area contributed by atoms with Gasteiger partial charge in [-0.15, -0.1) is 0 Å². The van der Waals surface area contributed by atoms with E-state index in [0.29, 0.717) is 17.2 Å². The number of aryl methyl sites for hydroxylation is 1. The van der Waals surface area contributed by atoms with E-state index in [1.165, 1.54) is 6.07 Å². The van der Waals surface area contributed by atoms with E-state index in [2.05, 4.69) is 10.3 Å². The highest BCUT2D eigenvalue weighted by atomic mass is 19.1. The van der Waals surface area contributed by atoms with E-state index >= 15 is 0 Å². The Kier molecular flexibility index (Phi) is 3.77. The molecule has 3 nitrogen and oxygen atoms in total. The Morgan fingerprint density at radius 2 is 2.22 bits per heavy atom. The number of aromatic nitrogens is 1. The Labute approximate surface area is 106 Å². The van der Waals surface area contributed by atoms with Crippen LogP contribution in [0.15, 0.2) is 28.8 Å². The second kappa shape index (κ2) is 5.31. The Morgan fingerprint density at radius 3 is 2.94 bits per heavy atom. The summed E-state index contributed by atoms with van der Waals surface area (Å²) in [7, 11) is 0. The van der Waals surface area contributed by atoms with Crippen molar-refractivity contribution in [3.05, 3.63) is 41.7 Å². The number of oxazole rings is 1. The van der Waals surface area contributed by atoms with Crippen molar-refractivity contribution in [1.82, 2.24) is 10.3 Å². The summed E-state index contributed by atoms with van der Waals surface area (Å²) in [6.07, 6.45) is 1.57. The zero-order valence-corrected chi connectivity index (χ0v) is 10.8. The highest BCUT2D eigenvalue weighted by molar-refractivity contribution is 5.58. The summed E-state index contributed by atoms with van der Waals surface area (Å²) in [4.78, 5) is 4.19. The van der Waals surface area contributed by atoms with Crippen LogP contribution in [0.4, 0.5) is 4.39 Å². The van der Waals surface area contributed by atoms with Crippen LogP contribution in [-0.4, -0.2) is 11.5 Å². The van der Waals surface area contributed by atoms with Gasteiger partial charge in [-0.1, -0.05) is 18.6 Å². The summed E-state index contributed by atoms with van der Waals surface area (Å²) in [5.41, 5.74) is 1.45. The highest BCUT2D eigenvalue weighted by Gasteiger charge is 2.14. The van der Waals surface area contributed by atoms with Crippen molar-refractivity contribution in [1.29, 1.82) is 0 Å². The van der Waals surface area contributed by atoms with Gasteiger partial charge in [-0.3, -0.25) is 0 Å². The van der Waals surface area contributed by atoms with E-state index in [9.17, 15) is 4.39 Å². The first kappa shape index (κ1) is 12.8. The zero-order chi connectivity index (χ0) is 13.1. The molecule has 1 unspecified atom stereocenters. The van der Waals surface area contributed by atoms with Crippen LogP contribution in [0, 0.1) is 12.7 Å². The summed E-state index contributed by atoms with van der Waals surface area (Å²) >= 11 is 0. The molecule has 1 aromatic heterocycles. The van der Waals surface area contributed by atoms with Crippen molar-refractivity contribution in [2.45, 2.75) is 26.8 Å². The van der Waals surface area contributed by atoms with Gasteiger partial charge in [0, 0.05) is 0 Å². The summed E-state index contributed by atoms with van der Waals surface area (Å²) < 4.78 is 19.3. The normalized spacial score (nSPS) is 12.7. The molecule has 1 atom stereocenters. The molecule has 96 valence electrons. The van der Waals surface area contributed by atoms with Crippen molar-refractivity contribution in [3.8, 4) is 11.3 Å². The minimum Gasteiger partial charge on any atom is -0.439 e. The number of nitrogens with one attached hydrogen (secondary N) is 1. The minimum absolute atomic E-state index is 0.0246. The molecule has 1 aromatic carbocycles. The molecule has 0 saturated carbocycles. The molecule has 1 N–H and O–H groups in total. The molecule has 18 heavy (non-hydrogen) atoms. The third-order valence-corrected chi connectivity index (χ3v) is 2.79. The molecular weight excluding hydrogens is 231 g/mol. The Hall–Kier alpha value is -1.68. The van der Waals surface area contributed by atoms with Crippen LogP contribution in [0.5, 0.6) is 0 Å². The molecule has 0 aliphatic carbocycles. The van der Waals surface area contributed by atoms with Crippen molar-refractivity contribution in [2.75, 3.05) is 6.54 Å². The lowest BCUT2D eigenvalue weighted by molar-refractivity contribution is 0.427. The van der Waals surface area contributed by atoms with E-state index in [1.54, 1.807) is 18.3 Å².